The van der Waals surface area contributed by atoms with Crippen LogP contribution in [0.2, 0.25) is 0 Å². The van der Waals surface area contributed by atoms with Crippen LogP contribution in [0, 0.1) is 10.1 Å². The van der Waals surface area contributed by atoms with Crippen molar-refractivity contribution in [3.05, 3.63) is 52.6 Å². The Labute approximate surface area is 126 Å². The molecule has 0 spiro atoms. The molecule has 1 heterocycles. The quantitative estimate of drug-likeness (QED) is 0.587. The van der Waals surface area contributed by atoms with Crippen LogP contribution < -0.4 is 9.47 Å². The maximum absolute atomic E-state index is 11.1. The molecule has 0 aliphatic carbocycles. The average Bonchev–Trinajstić information content (AvgIpc) is 2.96. The van der Waals surface area contributed by atoms with Crippen LogP contribution in [0.3, 0.4) is 0 Å². The number of aromatic nitrogens is 1. The monoisotopic (exact) mass is 298 g/mol. The van der Waals surface area contributed by atoms with Gasteiger partial charge in [0.1, 0.15) is 5.75 Å². The predicted molar refractivity (Wildman–Crippen MR) is 83.5 cm³/mol. The maximum atomic E-state index is 11.1. The van der Waals surface area contributed by atoms with E-state index in [9.17, 15) is 10.1 Å². The van der Waals surface area contributed by atoms with Gasteiger partial charge in [-0.25, -0.2) is 0 Å². The molecule has 0 fully saturated rings. The van der Waals surface area contributed by atoms with Gasteiger partial charge >= 0.3 is 5.69 Å². The number of aromatic amines is 1. The Morgan fingerprint density at radius 1 is 1.05 bits per heavy atom. The number of nitrogens with zero attached hydrogens (tertiary/aromatic N) is 1. The summed E-state index contributed by atoms with van der Waals surface area (Å²) in [6.07, 6.45) is 0. The summed E-state index contributed by atoms with van der Waals surface area (Å²) in [5.41, 5.74) is 2.38. The minimum atomic E-state index is -0.450. The Morgan fingerprint density at radius 3 is 2.55 bits per heavy atom. The Kier molecular flexibility index (Phi) is 3.42. The molecule has 1 aromatic heterocycles. The second-order valence-electron chi connectivity index (χ2n) is 4.78. The van der Waals surface area contributed by atoms with Gasteiger partial charge in [0.05, 0.1) is 19.1 Å². The molecular weight excluding hydrogens is 284 g/mol. The fourth-order valence-electron chi connectivity index (χ4n) is 2.39. The smallest absolute Gasteiger partial charge is 0.311 e. The minimum Gasteiger partial charge on any atom is -0.497 e. The average molecular weight is 298 g/mol. The second-order valence-corrected chi connectivity index (χ2v) is 4.78. The topological polar surface area (TPSA) is 77.4 Å². The van der Waals surface area contributed by atoms with Crippen LogP contribution in [0.4, 0.5) is 5.69 Å². The molecule has 0 saturated heterocycles. The summed E-state index contributed by atoms with van der Waals surface area (Å²) >= 11 is 0. The highest BCUT2D eigenvalue weighted by molar-refractivity contribution is 5.87. The first kappa shape index (κ1) is 13.9. The molecule has 112 valence electrons. The molecule has 0 aliphatic heterocycles. The van der Waals surface area contributed by atoms with Gasteiger partial charge in [0.2, 0.25) is 0 Å². The SMILES string of the molecule is COc1ccc2cc(-c3ccc(OC)c([N+](=O)[O-])c3)[nH]c2c1. The second kappa shape index (κ2) is 5.40. The first-order valence-electron chi connectivity index (χ1n) is 6.62. The molecule has 0 atom stereocenters. The number of benzene rings is 2. The highest BCUT2D eigenvalue weighted by Crippen LogP contribution is 2.33. The summed E-state index contributed by atoms with van der Waals surface area (Å²) in [5, 5.41) is 12.1. The van der Waals surface area contributed by atoms with Gasteiger partial charge in [-0.3, -0.25) is 10.1 Å². The number of methoxy groups -OCH3 is 2. The molecular formula is C16H14N2O4. The molecule has 22 heavy (non-hydrogen) atoms. The first-order valence-corrected chi connectivity index (χ1v) is 6.62. The zero-order valence-electron chi connectivity index (χ0n) is 12.1. The van der Waals surface area contributed by atoms with Crippen molar-refractivity contribution in [3.8, 4) is 22.8 Å². The van der Waals surface area contributed by atoms with Crippen LogP contribution in [-0.4, -0.2) is 24.1 Å². The summed E-state index contributed by atoms with van der Waals surface area (Å²) in [5.74, 6) is 0.994. The zero-order chi connectivity index (χ0) is 15.7. The van der Waals surface area contributed by atoms with Gasteiger partial charge in [-0.1, -0.05) is 0 Å². The lowest BCUT2D eigenvalue weighted by Gasteiger charge is -2.03. The summed E-state index contributed by atoms with van der Waals surface area (Å²) in [6, 6.07) is 12.5. The maximum Gasteiger partial charge on any atom is 0.311 e. The van der Waals surface area contributed by atoms with Crippen LogP contribution in [0.5, 0.6) is 11.5 Å². The van der Waals surface area contributed by atoms with E-state index in [1.54, 1.807) is 19.2 Å². The van der Waals surface area contributed by atoms with E-state index in [0.29, 0.717) is 0 Å². The Hall–Kier alpha value is -3.02. The molecule has 3 rings (SSSR count). The van der Waals surface area contributed by atoms with E-state index in [-0.39, 0.29) is 11.4 Å². The van der Waals surface area contributed by atoms with E-state index >= 15 is 0 Å². The van der Waals surface area contributed by atoms with Crippen LogP contribution in [-0.2, 0) is 0 Å². The molecule has 0 saturated carbocycles. The van der Waals surface area contributed by atoms with Crippen LogP contribution >= 0.6 is 0 Å². The van der Waals surface area contributed by atoms with E-state index in [2.05, 4.69) is 4.98 Å². The molecule has 3 aromatic rings. The zero-order valence-corrected chi connectivity index (χ0v) is 12.1. The van der Waals surface area contributed by atoms with Gasteiger partial charge in [0.15, 0.2) is 5.75 Å². The number of fused-ring (bicyclic) bond motifs is 1. The fourth-order valence-corrected chi connectivity index (χ4v) is 2.39. The van der Waals surface area contributed by atoms with Gasteiger partial charge in [0, 0.05) is 34.3 Å². The van der Waals surface area contributed by atoms with Crippen molar-refractivity contribution >= 4 is 16.6 Å². The number of nitro benzene ring substituents is 1. The molecule has 0 unspecified atom stereocenters. The molecule has 2 aromatic carbocycles. The standard InChI is InChI=1S/C16H14N2O4/c1-21-12-5-3-10-7-13(17-14(10)9-12)11-4-6-16(22-2)15(8-11)18(19)20/h3-9,17H,1-2H3. The van der Waals surface area contributed by atoms with Gasteiger partial charge in [0.25, 0.3) is 0 Å². The number of hydrogen-bond acceptors (Lipinski definition) is 4. The third-order valence-corrected chi connectivity index (χ3v) is 3.52. The van der Waals surface area contributed by atoms with Crippen molar-refractivity contribution in [2.75, 3.05) is 14.2 Å². The van der Waals surface area contributed by atoms with Gasteiger partial charge < -0.3 is 14.5 Å². The van der Waals surface area contributed by atoms with E-state index in [0.717, 1.165) is 27.9 Å². The largest absolute Gasteiger partial charge is 0.497 e. The number of ether oxygens (including phenoxy) is 2. The van der Waals surface area contributed by atoms with Gasteiger partial charge in [-0.15, -0.1) is 0 Å². The number of H-pyrrole nitrogens is 1. The lowest BCUT2D eigenvalue weighted by atomic mass is 10.1. The number of rotatable bonds is 4. The summed E-state index contributed by atoms with van der Waals surface area (Å²) in [7, 11) is 3.02. The van der Waals surface area contributed by atoms with Crippen LogP contribution in [0.25, 0.3) is 22.2 Å². The Balaban J connectivity index is 2.10. The number of hydrogen-bond donors (Lipinski definition) is 1. The highest BCUT2D eigenvalue weighted by Gasteiger charge is 2.16. The van der Waals surface area contributed by atoms with Crippen molar-refractivity contribution in [1.29, 1.82) is 0 Å². The lowest BCUT2D eigenvalue weighted by molar-refractivity contribution is -0.385. The Bertz CT molecular complexity index is 854. The molecule has 6 heteroatoms. The van der Waals surface area contributed by atoms with E-state index < -0.39 is 4.92 Å². The summed E-state index contributed by atoms with van der Waals surface area (Å²) < 4.78 is 10.2. The molecule has 0 amide bonds. The normalized spacial score (nSPS) is 10.6. The van der Waals surface area contributed by atoms with Crippen molar-refractivity contribution in [2.45, 2.75) is 0 Å². The first-order chi connectivity index (χ1) is 10.6. The van der Waals surface area contributed by atoms with E-state index in [4.69, 9.17) is 9.47 Å². The summed E-state index contributed by atoms with van der Waals surface area (Å²) in [6.45, 7) is 0. The molecule has 1 N–H and O–H groups in total. The van der Waals surface area contributed by atoms with Crippen molar-refractivity contribution in [3.63, 3.8) is 0 Å². The third kappa shape index (κ3) is 2.35. The van der Waals surface area contributed by atoms with E-state index in [1.165, 1.54) is 13.2 Å². The number of nitro groups is 1. The summed E-state index contributed by atoms with van der Waals surface area (Å²) in [4.78, 5) is 13.9. The van der Waals surface area contributed by atoms with Gasteiger partial charge in [-0.05, 0) is 30.3 Å². The highest BCUT2D eigenvalue weighted by atomic mass is 16.6. The lowest BCUT2D eigenvalue weighted by Crippen LogP contribution is -1.94. The fraction of sp³-hybridized carbons (Fsp3) is 0.125. The number of nitrogens with one attached hydrogen (secondary N) is 1. The molecule has 0 aliphatic rings. The van der Waals surface area contributed by atoms with Crippen molar-refractivity contribution in [1.82, 2.24) is 4.98 Å². The minimum absolute atomic E-state index is 0.0590. The molecule has 0 radical (unpaired) electrons. The van der Waals surface area contributed by atoms with Gasteiger partial charge in [-0.2, -0.15) is 0 Å². The van der Waals surface area contributed by atoms with Crippen LogP contribution in [0.15, 0.2) is 42.5 Å². The van der Waals surface area contributed by atoms with E-state index in [1.807, 2.05) is 24.3 Å². The van der Waals surface area contributed by atoms with Crippen molar-refractivity contribution in [2.24, 2.45) is 0 Å². The predicted octanol–water partition coefficient (Wildman–Crippen LogP) is 3.76. The third-order valence-electron chi connectivity index (χ3n) is 3.52. The van der Waals surface area contributed by atoms with Crippen LogP contribution in [0.1, 0.15) is 0 Å². The molecule has 0 bridgehead atoms. The van der Waals surface area contributed by atoms with Crippen molar-refractivity contribution < 1.29 is 14.4 Å². The Morgan fingerprint density at radius 2 is 1.86 bits per heavy atom. The molecule has 6 nitrogen and oxygen atoms in total.